The lowest BCUT2D eigenvalue weighted by molar-refractivity contribution is -0.118. The van der Waals surface area contributed by atoms with Crippen LogP contribution in [0.5, 0.6) is 5.75 Å². The fourth-order valence-electron chi connectivity index (χ4n) is 3.49. The van der Waals surface area contributed by atoms with E-state index in [1.165, 1.54) is 16.2 Å². The summed E-state index contributed by atoms with van der Waals surface area (Å²) in [5.41, 5.74) is 0.822. The Morgan fingerprint density at radius 2 is 2.13 bits per heavy atom. The normalized spacial score (nSPS) is 16.1. The lowest BCUT2D eigenvalue weighted by Gasteiger charge is -2.23. The summed E-state index contributed by atoms with van der Waals surface area (Å²) in [6.07, 6.45) is 2.57. The Labute approximate surface area is 185 Å². The lowest BCUT2D eigenvalue weighted by Crippen LogP contribution is -2.37. The van der Waals surface area contributed by atoms with Gasteiger partial charge in [-0.25, -0.2) is 4.98 Å². The Morgan fingerprint density at radius 1 is 1.27 bits per heavy atom. The van der Waals surface area contributed by atoms with Crippen molar-refractivity contribution in [3.8, 4) is 5.75 Å². The van der Waals surface area contributed by atoms with Gasteiger partial charge in [-0.05, 0) is 44.0 Å². The summed E-state index contributed by atoms with van der Waals surface area (Å²) in [5, 5.41) is 0.724. The van der Waals surface area contributed by atoms with Gasteiger partial charge >= 0.3 is 0 Å². The minimum absolute atomic E-state index is 0.0779. The van der Waals surface area contributed by atoms with Gasteiger partial charge in [-0.1, -0.05) is 35.6 Å². The second kappa shape index (κ2) is 10.3. The lowest BCUT2D eigenvalue weighted by atomic mass is 10.2. The van der Waals surface area contributed by atoms with E-state index in [0.717, 1.165) is 46.3 Å². The molecule has 1 aliphatic heterocycles. The van der Waals surface area contributed by atoms with E-state index >= 15 is 0 Å². The van der Waals surface area contributed by atoms with Gasteiger partial charge in [-0.3, -0.25) is 9.69 Å². The van der Waals surface area contributed by atoms with E-state index in [4.69, 9.17) is 14.5 Å². The summed E-state index contributed by atoms with van der Waals surface area (Å²) in [6.45, 7) is 3.87. The highest BCUT2D eigenvalue weighted by atomic mass is 32.2. The highest BCUT2D eigenvalue weighted by Gasteiger charge is 2.26. The molecule has 1 saturated heterocycles. The zero-order valence-electron chi connectivity index (χ0n) is 17.1. The summed E-state index contributed by atoms with van der Waals surface area (Å²) in [6, 6.07) is 16.1. The van der Waals surface area contributed by atoms with Gasteiger partial charge < -0.3 is 9.47 Å². The molecule has 2 heterocycles. The molecule has 5 nitrogen and oxygen atoms in total. The number of anilines is 1. The van der Waals surface area contributed by atoms with Crippen LogP contribution >= 0.6 is 23.1 Å². The molecule has 1 aliphatic rings. The van der Waals surface area contributed by atoms with Crippen molar-refractivity contribution in [2.45, 2.75) is 37.2 Å². The summed E-state index contributed by atoms with van der Waals surface area (Å²) in [7, 11) is 0. The average Bonchev–Trinajstić information content (AvgIpc) is 3.43. The standard InChI is InChI=1S/C23H26N2O3S2/c1-2-27-19-11-6-12-20-22(19)24-23(30-20)25(16-17-8-7-14-28-17)21(26)13-15-29-18-9-4-3-5-10-18/h3-6,9-12,17H,2,7-8,13-16H2,1H3. The number of aromatic nitrogens is 1. The molecule has 1 fully saturated rings. The van der Waals surface area contributed by atoms with E-state index in [9.17, 15) is 4.79 Å². The minimum Gasteiger partial charge on any atom is -0.492 e. The first kappa shape index (κ1) is 21.2. The number of fused-ring (bicyclic) bond motifs is 1. The predicted molar refractivity (Wildman–Crippen MR) is 124 cm³/mol. The van der Waals surface area contributed by atoms with E-state index in [1.807, 2.05) is 48.2 Å². The first-order chi connectivity index (χ1) is 14.7. The number of rotatable bonds is 9. The number of carbonyl (C=O) groups excluding carboxylic acids is 1. The third-order valence-electron chi connectivity index (χ3n) is 4.94. The summed E-state index contributed by atoms with van der Waals surface area (Å²) >= 11 is 3.24. The van der Waals surface area contributed by atoms with Crippen molar-refractivity contribution in [2.24, 2.45) is 0 Å². The minimum atomic E-state index is 0.0779. The van der Waals surface area contributed by atoms with Crippen molar-refractivity contribution >= 4 is 44.4 Å². The summed E-state index contributed by atoms with van der Waals surface area (Å²) in [5.74, 6) is 1.59. The van der Waals surface area contributed by atoms with Crippen LogP contribution < -0.4 is 9.64 Å². The Balaban J connectivity index is 1.52. The molecule has 1 amide bonds. The molecular formula is C23H26N2O3S2. The van der Waals surface area contributed by atoms with Gasteiger partial charge in [-0.2, -0.15) is 0 Å². The topological polar surface area (TPSA) is 51.7 Å². The maximum absolute atomic E-state index is 13.2. The highest BCUT2D eigenvalue weighted by Crippen LogP contribution is 2.35. The zero-order chi connectivity index (χ0) is 20.8. The van der Waals surface area contributed by atoms with Gasteiger partial charge in [0.1, 0.15) is 11.3 Å². The van der Waals surface area contributed by atoms with Crippen LogP contribution in [0.4, 0.5) is 5.13 Å². The molecule has 0 radical (unpaired) electrons. The van der Waals surface area contributed by atoms with Crippen LogP contribution in [0, 0.1) is 0 Å². The molecule has 1 aromatic heterocycles. The Hall–Kier alpha value is -2.09. The quantitative estimate of drug-likeness (QED) is 0.416. The Morgan fingerprint density at radius 3 is 2.90 bits per heavy atom. The third kappa shape index (κ3) is 5.14. The first-order valence-corrected chi connectivity index (χ1v) is 12.2. The fourth-order valence-corrected chi connectivity index (χ4v) is 5.36. The smallest absolute Gasteiger partial charge is 0.229 e. The molecular weight excluding hydrogens is 416 g/mol. The number of thiazole rings is 1. The van der Waals surface area contributed by atoms with E-state index in [2.05, 4.69) is 12.1 Å². The highest BCUT2D eigenvalue weighted by molar-refractivity contribution is 7.99. The molecule has 0 aliphatic carbocycles. The van der Waals surface area contributed by atoms with Crippen molar-refractivity contribution in [3.63, 3.8) is 0 Å². The average molecular weight is 443 g/mol. The summed E-state index contributed by atoms with van der Waals surface area (Å²) < 4.78 is 12.6. The number of ether oxygens (including phenoxy) is 2. The van der Waals surface area contributed by atoms with E-state index < -0.39 is 0 Å². The van der Waals surface area contributed by atoms with Gasteiger partial charge in [0.05, 0.1) is 24.0 Å². The van der Waals surface area contributed by atoms with Crippen molar-refractivity contribution < 1.29 is 14.3 Å². The second-order valence-corrected chi connectivity index (χ2v) is 9.26. The number of hydrogen-bond donors (Lipinski definition) is 0. The van der Waals surface area contributed by atoms with E-state index in [0.29, 0.717) is 19.6 Å². The van der Waals surface area contributed by atoms with Crippen molar-refractivity contribution in [2.75, 3.05) is 30.4 Å². The van der Waals surface area contributed by atoms with Crippen molar-refractivity contribution in [1.82, 2.24) is 4.98 Å². The largest absolute Gasteiger partial charge is 0.492 e. The predicted octanol–water partition coefficient (Wildman–Crippen LogP) is 5.39. The maximum atomic E-state index is 13.2. The third-order valence-corrected chi connectivity index (χ3v) is 7.00. The molecule has 3 aromatic rings. The van der Waals surface area contributed by atoms with Crippen LogP contribution in [0.2, 0.25) is 0 Å². The maximum Gasteiger partial charge on any atom is 0.229 e. The monoisotopic (exact) mass is 442 g/mol. The van der Waals surface area contributed by atoms with Crippen LogP contribution in [0.1, 0.15) is 26.2 Å². The molecule has 0 N–H and O–H groups in total. The second-order valence-electron chi connectivity index (χ2n) is 7.08. The van der Waals surface area contributed by atoms with Gasteiger partial charge in [-0.15, -0.1) is 11.8 Å². The number of benzene rings is 2. The fraction of sp³-hybridized carbons (Fsp3) is 0.391. The first-order valence-electron chi connectivity index (χ1n) is 10.4. The van der Waals surface area contributed by atoms with Gasteiger partial charge in [0.15, 0.2) is 5.13 Å². The number of nitrogens with zero attached hydrogens (tertiary/aromatic N) is 2. The van der Waals surface area contributed by atoms with Gasteiger partial charge in [0, 0.05) is 23.7 Å². The van der Waals surface area contributed by atoms with Crippen molar-refractivity contribution in [1.29, 1.82) is 0 Å². The Bertz CT molecular complexity index is 971. The number of para-hydroxylation sites is 1. The number of thioether (sulfide) groups is 1. The van der Waals surface area contributed by atoms with E-state index in [-0.39, 0.29) is 12.0 Å². The summed E-state index contributed by atoms with van der Waals surface area (Å²) in [4.78, 5) is 21.0. The van der Waals surface area contributed by atoms with Crippen LogP contribution in [0.15, 0.2) is 53.4 Å². The SMILES string of the molecule is CCOc1cccc2sc(N(CC3CCCO3)C(=O)CCSc3ccccc3)nc12. The van der Waals surface area contributed by atoms with E-state index in [1.54, 1.807) is 11.8 Å². The zero-order valence-corrected chi connectivity index (χ0v) is 18.7. The van der Waals surface area contributed by atoms with Crippen LogP contribution in [0.25, 0.3) is 10.2 Å². The molecule has 7 heteroatoms. The molecule has 1 atom stereocenters. The van der Waals surface area contributed by atoms with Gasteiger partial charge in [0.25, 0.3) is 0 Å². The molecule has 4 rings (SSSR count). The Kier molecular flexibility index (Phi) is 7.25. The molecule has 2 aromatic carbocycles. The number of carbonyl (C=O) groups is 1. The van der Waals surface area contributed by atoms with Gasteiger partial charge in [0.2, 0.25) is 5.91 Å². The molecule has 0 saturated carbocycles. The van der Waals surface area contributed by atoms with Crippen LogP contribution in [0.3, 0.4) is 0 Å². The van der Waals surface area contributed by atoms with Crippen LogP contribution in [-0.2, 0) is 9.53 Å². The van der Waals surface area contributed by atoms with Crippen molar-refractivity contribution in [3.05, 3.63) is 48.5 Å². The van der Waals surface area contributed by atoms with Crippen LogP contribution in [-0.4, -0.2) is 42.5 Å². The molecule has 0 spiro atoms. The molecule has 158 valence electrons. The molecule has 30 heavy (non-hydrogen) atoms. The number of hydrogen-bond acceptors (Lipinski definition) is 6. The number of amides is 1. The molecule has 0 bridgehead atoms. The molecule has 1 unspecified atom stereocenters.